The Bertz CT molecular complexity index is 2170. The highest BCUT2D eigenvalue weighted by Crippen LogP contribution is 2.41. The molecule has 48 heavy (non-hydrogen) atoms. The first-order chi connectivity index (χ1) is 23.4. The summed E-state index contributed by atoms with van der Waals surface area (Å²) in [6.45, 7) is 4.60. The van der Waals surface area contributed by atoms with Gasteiger partial charge in [0.2, 0.25) is 0 Å². The lowest BCUT2D eigenvalue weighted by molar-refractivity contribution is -0.140. The molecule has 10 heteroatoms. The SMILES string of the molecule is CCOc1c(OC)cccc1[C@@H]1C(C(=O)OCCOC)=C(C)N=c2s/c(=C/c3c(OCc4ccccc4)ccc4ccccc34)c(=O)n21. The van der Waals surface area contributed by atoms with Crippen LogP contribution in [0.25, 0.3) is 16.8 Å². The normalized spacial score (nSPS) is 14.4. The first-order valence-electron chi connectivity index (χ1n) is 15.6. The van der Waals surface area contributed by atoms with Crippen molar-refractivity contribution < 1.29 is 28.5 Å². The van der Waals surface area contributed by atoms with E-state index in [2.05, 4.69) is 0 Å². The number of esters is 1. The van der Waals surface area contributed by atoms with Gasteiger partial charge in [-0.2, -0.15) is 0 Å². The minimum atomic E-state index is -0.892. The Morgan fingerprint density at radius 2 is 1.71 bits per heavy atom. The van der Waals surface area contributed by atoms with Crippen molar-refractivity contribution in [2.75, 3.05) is 34.0 Å². The number of allylic oxidation sites excluding steroid dienone is 1. The van der Waals surface area contributed by atoms with Crippen LogP contribution in [0.3, 0.4) is 0 Å². The van der Waals surface area contributed by atoms with Crippen molar-refractivity contribution >= 4 is 34.2 Å². The molecule has 1 aromatic heterocycles. The summed E-state index contributed by atoms with van der Waals surface area (Å²) in [7, 11) is 3.08. The zero-order chi connectivity index (χ0) is 33.6. The Labute approximate surface area is 281 Å². The summed E-state index contributed by atoms with van der Waals surface area (Å²) in [5, 5.41) is 1.95. The van der Waals surface area contributed by atoms with Crippen molar-refractivity contribution in [2.45, 2.75) is 26.5 Å². The van der Waals surface area contributed by atoms with Crippen LogP contribution < -0.4 is 29.1 Å². The standard InChI is InChI=1S/C38H36N2O7S/c1-5-45-35-28(16-11-17-31(35)44-4)34-33(37(42)46-21-20-43-3)24(2)39-38-40(34)36(41)32(48-38)22-29-27-15-10-9-14-26(27)18-19-30(29)47-23-25-12-7-6-8-13-25/h6-19,22,34H,5,20-21,23H2,1-4H3/b32-22+/t34-/m1/s1. The number of aromatic nitrogens is 1. The molecule has 9 nitrogen and oxygen atoms in total. The van der Waals surface area contributed by atoms with E-state index in [1.54, 1.807) is 24.7 Å². The first-order valence-corrected chi connectivity index (χ1v) is 16.4. The van der Waals surface area contributed by atoms with Gasteiger partial charge >= 0.3 is 5.97 Å². The van der Waals surface area contributed by atoms with E-state index in [9.17, 15) is 9.59 Å². The summed E-state index contributed by atoms with van der Waals surface area (Å²) in [6, 6.07) is 26.4. The third-order valence-electron chi connectivity index (χ3n) is 8.02. The maximum atomic E-state index is 14.6. The number of carbonyl (C=O) groups is 1. The fourth-order valence-corrected chi connectivity index (χ4v) is 6.83. The Morgan fingerprint density at radius 3 is 2.48 bits per heavy atom. The Morgan fingerprint density at radius 1 is 0.917 bits per heavy atom. The summed E-state index contributed by atoms with van der Waals surface area (Å²) in [5.41, 5.74) is 2.74. The van der Waals surface area contributed by atoms with Gasteiger partial charge in [-0.25, -0.2) is 9.79 Å². The van der Waals surface area contributed by atoms with Gasteiger partial charge in [-0.3, -0.25) is 9.36 Å². The summed E-state index contributed by atoms with van der Waals surface area (Å²) in [6.07, 6.45) is 1.86. The van der Waals surface area contributed by atoms with Crippen LogP contribution in [0.15, 0.2) is 106 Å². The second-order valence-electron chi connectivity index (χ2n) is 11.0. The third-order valence-corrected chi connectivity index (χ3v) is 9.00. The average Bonchev–Trinajstić information content (AvgIpc) is 3.41. The minimum absolute atomic E-state index is 0.0481. The lowest BCUT2D eigenvalue weighted by Gasteiger charge is -2.27. The van der Waals surface area contributed by atoms with E-state index in [1.165, 1.54) is 18.4 Å². The molecular formula is C38H36N2O7S. The van der Waals surface area contributed by atoms with Crippen LogP contribution in [0.4, 0.5) is 0 Å². The predicted molar refractivity (Wildman–Crippen MR) is 185 cm³/mol. The van der Waals surface area contributed by atoms with Gasteiger partial charge in [0.1, 0.15) is 25.0 Å². The van der Waals surface area contributed by atoms with Gasteiger partial charge in [-0.15, -0.1) is 0 Å². The molecule has 1 atom stereocenters. The van der Waals surface area contributed by atoms with Gasteiger partial charge in [-0.1, -0.05) is 84.1 Å². The first kappa shape index (κ1) is 32.7. The highest BCUT2D eigenvalue weighted by atomic mass is 32.1. The number of carbonyl (C=O) groups excluding carboxylic acids is 1. The quantitative estimate of drug-likeness (QED) is 0.127. The van der Waals surface area contributed by atoms with Gasteiger partial charge in [0, 0.05) is 18.2 Å². The van der Waals surface area contributed by atoms with Crippen LogP contribution in [0.5, 0.6) is 17.2 Å². The van der Waals surface area contributed by atoms with E-state index >= 15 is 0 Å². The molecule has 0 saturated carbocycles. The number of hydrogen-bond donors (Lipinski definition) is 0. The van der Waals surface area contributed by atoms with Gasteiger partial charge < -0.3 is 23.7 Å². The topological polar surface area (TPSA) is 97.6 Å². The summed E-state index contributed by atoms with van der Waals surface area (Å²) < 4.78 is 30.7. The molecule has 0 aliphatic carbocycles. The Hall–Kier alpha value is -5.19. The highest BCUT2D eigenvalue weighted by Gasteiger charge is 2.36. The number of thiazole rings is 1. The molecule has 0 fully saturated rings. The lowest BCUT2D eigenvalue weighted by atomic mass is 9.94. The minimum Gasteiger partial charge on any atom is -0.493 e. The summed E-state index contributed by atoms with van der Waals surface area (Å²) in [5.74, 6) is 0.965. The van der Waals surface area contributed by atoms with E-state index in [-0.39, 0.29) is 24.3 Å². The van der Waals surface area contributed by atoms with E-state index in [1.807, 2.05) is 91.9 Å². The maximum absolute atomic E-state index is 14.6. The number of rotatable bonds is 12. The van der Waals surface area contributed by atoms with Crippen molar-refractivity contribution in [3.8, 4) is 17.2 Å². The molecule has 1 aliphatic rings. The van der Waals surface area contributed by atoms with Crippen LogP contribution in [-0.2, 0) is 20.9 Å². The van der Waals surface area contributed by atoms with Crippen LogP contribution in [0.1, 0.15) is 36.6 Å². The highest BCUT2D eigenvalue weighted by molar-refractivity contribution is 7.07. The molecule has 0 N–H and O–H groups in total. The van der Waals surface area contributed by atoms with Gasteiger partial charge in [0.25, 0.3) is 5.56 Å². The van der Waals surface area contributed by atoms with E-state index < -0.39 is 12.0 Å². The van der Waals surface area contributed by atoms with Crippen molar-refractivity contribution in [3.05, 3.63) is 133 Å². The van der Waals surface area contributed by atoms with Crippen molar-refractivity contribution in [1.82, 2.24) is 4.57 Å². The maximum Gasteiger partial charge on any atom is 0.338 e. The predicted octanol–water partition coefficient (Wildman–Crippen LogP) is 5.56. The van der Waals surface area contributed by atoms with Crippen LogP contribution >= 0.6 is 11.3 Å². The Balaban J connectivity index is 1.55. The largest absolute Gasteiger partial charge is 0.493 e. The van der Waals surface area contributed by atoms with E-state index in [0.29, 0.717) is 51.1 Å². The molecule has 246 valence electrons. The second-order valence-corrected chi connectivity index (χ2v) is 12.0. The molecule has 0 spiro atoms. The zero-order valence-electron chi connectivity index (χ0n) is 27.2. The molecular weight excluding hydrogens is 628 g/mol. The summed E-state index contributed by atoms with van der Waals surface area (Å²) in [4.78, 5) is 33.5. The van der Waals surface area contributed by atoms with E-state index in [4.69, 9.17) is 28.7 Å². The third kappa shape index (κ3) is 6.49. The zero-order valence-corrected chi connectivity index (χ0v) is 28.0. The fraction of sp³-hybridized carbons (Fsp3) is 0.237. The molecule has 0 amide bonds. The van der Waals surface area contributed by atoms with Crippen LogP contribution in [0.2, 0.25) is 0 Å². The lowest BCUT2D eigenvalue weighted by Crippen LogP contribution is -2.40. The second kappa shape index (κ2) is 14.7. The van der Waals surface area contributed by atoms with Crippen molar-refractivity contribution in [2.24, 2.45) is 4.99 Å². The fourth-order valence-electron chi connectivity index (χ4n) is 5.80. The molecule has 0 radical (unpaired) electrons. The number of nitrogens with zero attached hydrogens (tertiary/aromatic N) is 2. The molecule has 0 unspecified atom stereocenters. The van der Waals surface area contributed by atoms with Gasteiger partial charge in [0.15, 0.2) is 16.3 Å². The van der Waals surface area contributed by atoms with Crippen LogP contribution in [-0.4, -0.2) is 44.6 Å². The van der Waals surface area contributed by atoms with E-state index in [0.717, 1.165) is 21.9 Å². The van der Waals surface area contributed by atoms with Crippen molar-refractivity contribution in [1.29, 1.82) is 0 Å². The number of methoxy groups -OCH3 is 2. The number of fused-ring (bicyclic) bond motifs is 2. The molecule has 2 heterocycles. The molecule has 5 aromatic rings. The van der Waals surface area contributed by atoms with Crippen molar-refractivity contribution in [3.63, 3.8) is 0 Å². The number of benzene rings is 4. The van der Waals surface area contributed by atoms with Gasteiger partial charge in [-0.05, 0) is 48.4 Å². The molecule has 4 aromatic carbocycles. The average molecular weight is 665 g/mol. The number of hydrogen-bond acceptors (Lipinski definition) is 9. The number of para-hydroxylation sites is 1. The molecule has 0 saturated heterocycles. The Kier molecular flexibility index (Phi) is 10.0. The molecule has 6 rings (SSSR count). The number of ether oxygens (including phenoxy) is 5. The summed E-state index contributed by atoms with van der Waals surface area (Å²) >= 11 is 1.25. The van der Waals surface area contributed by atoms with Crippen LogP contribution in [0, 0.1) is 0 Å². The van der Waals surface area contributed by atoms with Gasteiger partial charge in [0.05, 0.1) is 36.1 Å². The molecule has 1 aliphatic heterocycles. The monoisotopic (exact) mass is 664 g/mol. The molecule has 0 bridgehead atoms. The smallest absolute Gasteiger partial charge is 0.338 e.